The van der Waals surface area contributed by atoms with Gasteiger partial charge in [0.25, 0.3) is 11.2 Å². The number of fused-ring (bicyclic) bond motifs is 1. The molecule has 0 saturated heterocycles. The van der Waals surface area contributed by atoms with E-state index in [1.54, 1.807) is 24.3 Å². The lowest BCUT2D eigenvalue weighted by Gasteiger charge is -2.08. The van der Waals surface area contributed by atoms with E-state index in [1.165, 1.54) is 28.3 Å². The van der Waals surface area contributed by atoms with E-state index < -0.39 is 23.0 Å². The van der Waals surface area contributed by atoms with Crippen LogP contribution in [0, 0.1) is 0 Å². The summed E-state index contributed by atoms with van der Waals surface area (Å²) in [6.07, 6.45) is -4.54. The van der Waals surface area contributed by atoms with Crippen molar-refractivity contribution >= 4 is 22.8 Å². The molecule has 31 heavy (non-hydrogen) atoms. The number of rotatable bonds is 4. The minimum atomic E-state index is -4.54. The van der Waals surface area contributed by atoms with Gasteiger partial charge in [-0.3, -0.25) is 14.3 Å². The van der Waals surface area contributed by atoms with E-state index in [9.17, 15) is 22.8 Å². The molecule has 4 aromatic rings. The number of imidazole rings is 1. The van der Waals surface area contributed by atoms with Crippen molar-refractivity contribution in [3.63, 3.8) is 0 Å². The fourth-order valence-corrected chi connectivity index (χ4v) is 3.25. The molecule has 2 aromatic heterocycles. The number of nitrogens with one attached hydrogen (secondary N) is 2. The topological polar surface area (TPSA) is 83.8 Å². The molecule has 0 radical (unpaired) electrons. The Morgan fingerprint density at radius 3 is 2.48 bits per heavy atom. The third-order valence-corrected chi connectivity index (χ3v) is 4.92. The smallest absolute Gasteiger partial charge is 0.392 e. The molecule has 11 heteroatoms. The predicted octanol–water partition coefficient (Wildman–Crippen LogP) is 3.36. The quantitative estimate of drug-likeness (QED) is 0.467. The first-order valence-corrected chi connectivity index (χ1v) is 9.35. The Kier molecular flexibility index (Phi) is 5.10. The van der Waals surface area contributed by atoms with E-state index >= 15 is 0 Å². The Hall–Kier alpha value is -3.53. The molecule has 0 atom stereocenters. The number of halogens is 4. The van der Waals surface area contributed by atoms with Gasteiger partial charge in [0.15, 0.2) is 0 Å². The Labute approximate surface area is 177 Å². The molecule has 0 aliphatic rings. The zero-order valence-corrected chi connectivity index (χ0v) is 16.7. The predicted molar refractivity (Wildman–Crippen MR) is 106 cm³/mol. The molecule has 0 bridgehead atoms. The van der Waals surface area contributed by atoms with E-state index in [4.69, 9.17) is 16.3 Å². The summed E-state index contributed by atoms with van der Waals surface area (Å²) in [5, 5.41) is 0.522. The van der Waals surface area contributed by atoms with Crippen molar-refractivity contribution in [1.82, 2.24) is 14.5 Å². The molecule has 0 spiro atoms. The third-order valence-electron chi connectivity index (χ3n) is 4.67. The number of H-pyrrole nitrogens is 2. The van der Waals surface area contributed by atoms with Crippen LogP contribution in [0.15, 0.2) is 58.1 Å². The van der Waals surface area contributed by atoms with E-state index in [2.05, 4.69) is 9.97 Å². The first-order chi connectivity index (χ1) is 14.6. The Balaban J connectivity index is 1.87. The third kappa shape index (κ3) is 4.06. The number of nitrogens with zero attached hydrogens (tertiary/aromatic N) is 2. The average molecular weight is 452 g/mol. The lowest BCUT2D eigenvalue weighted by molar-refractivity contribution is -0.667. The van der Waals surface area contributed by atoms with Gasteiger partial charge in [0, 0.05) is 12.1 Å². The van der Waals surface area contributed by atoms with Gasteiger partial charge in [0.1, 0.15) is 12.3 Å². The van der Waals surface area contributed by atoms with Crippen LogP contribution < -0.4 is 20.6 Å². The monoisotopic (exact) mass is 451 g/mol. The molecule has 0 amide bonds. The van der Waals surface area contributed by atoms with Crippen molar-refractivity contribution < 1.29 is 22.5 Å². The summed E-state index contributed by atoms with van der Waals surface area (Å²) in [7, 11) is 1.44. The maximum atomic E-state index is 13.1. The number of ether oxygens (including phenoxy) is 1. The van der Waals surface area contributed by atoms with Crippen LogP contribution in [0.5, 0.6) is 11.8 Å². The van der Waals surface area contributed by atoms with Crippen molar-refractivity contribution in [2.45, 2.75) is 12.7 Å². The molecule has 0 aliphatic carbocycles. The zero-order chi connectivity index (χ0) is 22.3. The minimum Gasteiger partial charge on any atom is -0.392 e. The first kappa shape index (κ1) is 20.7. The number of hydrogen-bond acceptors (Lipinski definition) is 3. The molecule has 4 rings (SSSR count). The zero-order valence-electron chi connectivity index (χ0n) is 16.0. The molecule has 0 fully saturated rings. The number of aromatic amines is 2. The number of hydrogen-bond donors (Lipinski definition) is 2. The number of aromatic nitrogens is 4. The van der Waals surface area contributed by atoms with Crippen LogP contribution in [-0.2, 0) is 19.8 Å². The molecule has 0 unspecified atom stereocenters. The second-order valence-electron chi connectivity index (χ2n) is 6.79. The first-order valence-electron chi connectivity index (χ1n) is 8.98. The van der Waals surface area contributed by atoms with Crippen molar-refractivity contribution in [3.05, 3.63) is 85.5 Å². The Bertz CT molecular complexity index is 1390. The average Bonchev–Trinajstić information content (AvgIpc) is 3.06. The highest BCUT2D eigenvalue weighted by Crippen LogP contribution is 2.32. The number of benzene rings is 2. The van der Waals surface area contributed by atoms with Crippen molar-refractivity contribution in [3.8, 4) is 11.8 Å². The van der Waals surface area contributed by atoms with Gasteiger partial charge in [0.05, 0.1) is 5.56 Å². The van der Waals surface area contributed by atoms with Crippen LogP contribution in [0.25, 0.3) is 11.2 Å². The van der Waals surface area contributed by atoms with Crippen LogP contribution in [0.3, 0.4) is 0 Å². The number of alkyl halides is 3. The molecule has 7 nitrogen and oxygen atoms in total. The largest absolute Gasteiger partial charge is 0.462 e. The molecule has 0 aliphatic heterocycles. The molecule has 2 heterocycles. The van der Waals surface area contributed by atoms with Crippen molar-refractivity contribution in [2.75, 3.05) is 0 Å². The Morgan fingerprint density at radius 1 is 1.10 bits per heavy atom. The van der Waals surface area contributed by atoms with Crippen LogP contribution in [-0.4, -0.2) is 14.5 Å². The van der Waals surface area contributed by atoms with Gasteiger partial charge in [-0.15, -0.1) is 0 Å². The summed E-state index contributed by atoms with van der Waals surface area (Å²) in [4.78, 5) is 29.6. The highest BCUT2D eigenvalue weighted by Gasteiger charge is 2.31. The van der Waals surface area contributed by atoms with E-state index in [1.807, 2.05) is 0 Å². The van der Waals surface area contributed by atoms with Crippen LogP contribution in [0.2, 0.25) is 5.02 Å². The highest BCUT2D eigenvalue weighted by atomic mass is 35.5. The van der Waals surface area contributed by atoms with E-state index in [0.717, 1.165) is 17.7 Å². The Morgan fingerprint density at radius 2 is 1.81 bits per heavy atom. The summed E-state index contributed by atoms with van der Waals surface area (Å²) in [6, 6.07) is 11.1. The van der Waals surface area contributed by atoms with Gasteiger partial charge in [0.2, 0.25) is 0 Å². The van der Waals surface area contributed by atoms with Crippen LogP contribution in [0.1, 0.15) is 11.1 Å². The van der Waals surface area contributed by atoms with Gasteiger partial charge in [-0.1, -0.05) is 29.8 Å². The maximum Gasteiger partial charge on any atom is 0.462 e. The summed E-state index contributed by atoms with van der Waals surface area (Å²) in [6.45, 7) is 0.132. The molecular formula is C20H15ClF3N4O3+. The van der Waals surface area contributed by atoms with Crippen molar-refractivity contribution in [1.29, 1.82) is 0 Å². The SMILES string of the molecule is Cn1c(=O)[nH]c(=O)c2c1[nH]c(Oc1cccc(C(F)(F)F)c1)[n+]2Cc1ccc(Cl)cc1. The van der Waals surface area contributed by atoms with Gasteiger partial charge in [-0.2, -0.15) is 22.7 Å². The van der Waals surface area contributed by atoms with Crippen molar-refractivity contribution in [2.24, 2.45) is 7.05 Å². The highest BCUT2D eigenvalue weighted by molar-refractivity contribution is 6.30. The normalized spacial score (nSPS) is 11.8. The maximum absolute atomic E-state index is 13.1. The molecule has 2 aromatic carbocycles. The molecule has 0 saturated carbocycles. The minimum absolute atomic E-state index is 0.0176. The standard InChI is InChI=1S/C20H14ClF3N4O3/c1-27-16-15(17(29)26-18(27)30)28(10-11-5-7-13(21)8-6-11)19(25-16)31-14-4-2-3-12(9-14)20(22,23)24/h2-9H,10H2,1H3,(H,26,29,30)/p+1. The van der Waals surface area contributed by atoms with E-state index in [-0.39, 0.29) is 29.5 Å². The molecular weight excluding hydrogens is 437 g/mol. The molecule has 160 valence electrons. The number of aryl methyl sites for hydroxylation is 1. The summed E-state index contributed by atoms with van der Waals surface area (Å²) in [5.74, 6) is -0.0901. The second kappa shape index (κ2) is 7.62. The lowest BCUT2D eigenvalue weighted by atomic mass is 10.2. The fraction of sp³-hybridized carbons (Fsp3) is 0.150. The summed E-state index contributed by atoms with van der Waals surface area (Å²) in [5.41, 5.74) is -1.19. The van der Waals surface area contributed by atoms with Gasteiger partial charge in [-0.25, -0.2) is 4.79 Å². The van der Waals surface area contributed by atoms with Gasteiger partial charge >= 0.3 is 23.4 Å². The second-order valence-corrected chi connectivity index (χ2v) is 7.22. The van der Waals surface area contributed by atoms with Crippen LogP contribution in [0.4, 0.5) is 13.2 Å². The van der Waals surface area contributed by atoms with E-state index in [0.29, 0.717) is 5.02 Å². The summed E-state index contributed by atoms with van der Waals surface area (Å²) >= 11 is 5.92. The summed E-state index contributed by atoms with van der Waals surface area (Å²) < 4.78 is 47.5. The van der Waals surface area contributed by atoms with Gasteiger partial charge in [-0.05, 0) is 35.9 Å². The lowest BCUT2D eigenvalue weighted by Crippen LogP contribution is -2.40. The van der Waals surface area contributed by atoms with Gasteiger partial charge < -0.3 is 4.74 Å². The molecule has 2 N–H and O–H groups in total. The van der Waals surface area contributed by atoms with Crippen LogP contribution >= 0.6 is 11.6 Å². The fourth-order valence-electron chi connectivity index (χ4n) is 3.12.